The fourth-order valence-corrected chi connectivity index (χ4v) is 1.73. The summed E-state index contributed by atoms with van der Waals surface area (Å²) < 4.78 is 18.7. The summed E-state index contributed by atoms with van der Waals surface area (Å²) in [5, 5.41) is 10.6. The molecule has 0 bridgehead atoms. The van der Waals surface area contributed by atoms with E-state index in [-0.39, 0.29) is 5.58 Å². The fourth-order valence-electron chi connectivity index (χ4n) is 1.73. The van der Waals surface area contributed by atoms with Gasteiger partial charge in [-0.15, -0.1) is 0 Å². The lowest BCUT2D eigenvalue weighted by molar-refractivity contribution is 0.131. The van der Waals surface area contributed by atoms with Gasteiger partial charge in [0.25, 0.3) is 0 Å². The third-order valence-electron chi connectivity index (χ3n) is 2.69. The third-order valence-corrected chi connectivity index (χ3v) is 2.69. The Bertz CT molecular complexity index is 507. The molecule has 0 saturated heterocycles. The van der Waals surface area contributed by atoms with Crippen molar-refractivity contribution in [3.8, 4) is 0 Å². The van der Waals surface area contributed by atoms with E-state index in [1.165, 1.54) is 6.07 Å². The molecule has 0 aliphatic heterocycles. The van der Waals surface area contributed by atoms with E-state index >= 15 is 0 Å². The Morgan fingerprint density at radius 1 is 1.41 bits per heavy atom. The predicted octanol–water partition coefficient (Wildman–Crippen LogP) is 2.56. The van der Waals surface area contributed by atoms with Gasteiger partial charge in [0.2, 0.25) is 0 Å². The highest BCUT2D eigenvalue weighted by Crippen LogP contribution is 2.27. The topological polar surface area (TPSA) is 36.6 Å². The van der Waals surface area contributed by atoms with Crippen LogP contribution >= 0.6 is 0 Å². The Hall–Kier alpha value is -1.39. The molecule has 17 heavy (non-hydrogen) atoms. The van der Waals surface area contributed by atoms with E-state index in [0.29, 0.717) is 17.6 Å². The summed E-state index contributed by atoms with van der Waals surface area (Å²) >= 11 is 0. The molecule has 1 aromatic carbocycles. The molecule has 1 N–H and O–H groups in total. The number of rotatable bonds is 4. The number of aliphatic hydroxyl groups excluding tert-OH is 1. The van der Waals surface area contributed by atoms with Crippen molar-refractivity contribution in [2.45, 2.75) is 12.5 Å². The van der Waals surface area contributed by atoms with Crippen molar-refractivity contribution in [1.82, 2.24) is 4.90 Å². The zero-order chi connectivity index (χ0) is 12.4. The maximum atomic E-state index is 13.4. The molecule has 0 aliphatic carbocycles. The number of fused-ring (bicyclic) bond motifs is 1. The normalized spacial score (nSPS) is 13.5. The first-order valence-corrected chi connectivity index (χ1v) is 5.58. The summed E-state index contributed by atoms with van der Waals surface area (Å²) in [5.74, 6) is 0.0282. The van der Waals surface area contributed by atoms with Gasteiger partial charge < -0.3 is 14.4 Å². The van der Waals surface area contributed by atoms with E-state index in [9.17, 15) is 9.50 Å². The van der Waals surface area contributed by atoms with Gasteiger partial charge in [0.05, 0.1) is 0 Å². The number of benzene rings is 1. The van der Waals surface area contributed by atoms with Crippen LogP contribution in [-0.2, 0) is 0 Å². The lowest BCUT2D eigenvalue weighted by Crippen LogP contribution is -2.15. The number of para-hydroxylation sites is 1. The molecule has 0 radical (unpaired) electrons. The van der Waals surface area contributed by atoms with Crippen LogP contribution in [0.2, 0.25) is 0 Å². The Morgan fingerprint density at radius 3 is 2.82 bits per heavy atom. The predicted molar refractivity (Wildman–Crippen MR) is 64.3 cm³/mol. The number of hydrogen-bond acceptors (Lipinski definition) is 3. The molecule has 4 heteroatoms. The van der Waals surface area contributed by atoms with Crippen LogP contribution < -0.4 is 0 Å². The molecule has 0 aliphatic rings. The second-order valence-electron chi connectivity index (χ2n) is 4.41. The van der Waals surface area contributed by atoms with Gasteiger partial charge in [-0.3, -0.25) is 0 Å². The zero-order valence-corrected chi connectivity index (χ0v) is 9.98. The van der Waals surface area contributed by atoms with Crippen molar-refractivity contribution in [3.63, 3.8) is 0 Å². The summed E-state index contributed by atoms with van der Waals surface area (Å²) in [7, 11) is 3.87. The SMILES string of the molecule is CN(C)CCC(O)c1cc2cccc(F)c2o1. The lowest BCUT2D eigenvalue weighted by Gasteiger charge is -2.12. The summed E-state index contributed by atoms with van der Waals surface area (Å²) in [6.45, 7) is 0.751. The molecule has 3 nitrogen and oxygen atoms in total. The summed E-state index contributed by atoms with van der Waals surface area (Å²) in [5.41, 5.74) is 0.214. The summed E-state index contributed by atoms with van der Waals surface area (Å²) in [6, 6.07) is 6.44. The Morgan fingerprint density at radius 2 is 2.18 bits per heavy atom. The van der Waals surface area contributed by atoms with Crippen molar-refractivity contribution in [1.29, 1.82) is 0 Å². The lowest BCUT2D eigenvalue weighted by atomic mass is 10.2. The monoisotopic (exact) mass is 237 g/mol. The van der Waals surface area contributed by atoms with Gasteiger partial charge in [-0.1, -0.05) is 12.1 Å². The number of hydrogen-bond donors (Lipinski definition) is 1. The Labute approximate surface area is 99.5 Å². The van der Waals surface area contributed by atoms with E-state index in [2.05, 4.69) is 0 Å². The van der Waals surface area contributed by atoms with Crippen LogP contribution in [0.3, 0.4) is 0 Å². The highest BCUT2D eigenvalue weighted by molar-refractivity contribution is 5.78. The minimum Gasteiger partial charge on any atom is -0.455 e. The first-order chi connectivity index (χ1) is 8.08. The van der Waals surface area contributed by atoms with Gasteiger partial charge in [-0.2, -0.15) is 0 Å². The molecule has 1 unspecified atom stereocenters. The smallest absolute Gasteiger partial charge is 0.170 e. The standard InChI is InChI=1S/C13H16FNO2/c1-15(2)7-6-11(16)12-8-9-4-3-5-10(14)13(9)17-12/h3-5,8,11,16H,6-7H2,1-2H3. The molecule has 0 amide bonds. The second-order valence-corrected chi connectivity index (χ2v) is 4.41. The molecular weight excluding hydrogens is 221 g/mol. The minimum atomic E-state index is -0.691. The molecule has 0 spiro atoms. The Balaban J connectivity index is 2.21. The maximum Gasteiger partial charge on any atom is 0.170 e. The van der Waals surface area contributed by atoms with E-state index in [1.54, 1.807) is 18.2 Å². The van der Waals surface area contributed by atoms with Gasteiger partial charge >= 0.3 is 0 Å². The summed E-state index contributed by atoms with van der Waals surface area (Å²) in [6.07, 6.45) is -0.127. The zero-order valence-electron chi connectivity index (χ0n) is 9.98. The fraction of sp³-hybridized carbons (Fsp3) is 0.385. The van der Waals surface area contributed by atoms with E-state index < -0.39 is 11.9 Å². The van der Waals surface area contributed by atoms with Crippen LogP contribution in [0.1, 0.15) is 18.3 Å². The van der Waals surface area contributed by atoms with Gasteiger partial charge in [0, 0.05) is 11.9 Å². The van der Waals surface area contributed by atoms with Gasteiger partial charge in [0.1, 0.15) is 11.9 Å². The maximum absolute atomic E-state index is 13.4. The first-order valence-electron chi connectivity index (χ1n) is 5.58. The number of aliphatic hydroxyl groups is 1. The van der Waals surface area contributed by atoms with Crippen LogP contribution in [-0.4, -0.2) is 30.6 Å². The third kappa shape index (κ3) is 2.65. The molecule has 2 aromatic rings. The number of halogens is 1. The molecule has 92 valence electrons. The van der Waals surface area contributed by atoms with Gasteiger partial charge in [0.15, 0.2) is 11.4 Å². The molecule has 1 aromatic heterocycles. The average Bonchev–Trinajstić information content (AvgIpc) is 2.71. The van der Waals surface area contributed by atoms with Crippen molar-refractivity contribution < 1.29 is 13.9 Å². The second kappa shape index (κ2) is 4.85. The van der Waals surface area contributed by atoms with Crippen molar-refractivity contribution in [2.75, 3.05) is 20.6 Å². The van der Waals surface area contributed by atoms with E-state index in [0.717, 1.165) is 6.54 Å². The van der Waals surface area contributed by atoms with E-state index in [4.69, 9.17) is 4.42 Å². The quantitative estimate of drug-likeness (QED) is 0.887. The van der Waals surface area contributed by atoms with Crippen LogP contribution in [0.4, 0.5) is 4.39 Å². The molecule has 2 rings (SSSR count). The van der Waals surface area contributed by atoms with Crippen LogP contribution in [0.5, 0.6) is 0 Å². The van der Waals surface area contributed by atoms with Crippen molar-refractivity contribution in [3.05, 3.63) is 35.8 Å². The van der Waals surface area contributed by atoms with Crippen molar-refractivity contribution in [2.24, 2.45) is 0 Å². The van der Waals surface area contributed by atoms with Crippen LogP contribution in [0.25, 0.3) is 11.0 Å². The number of furan rings is 1. The van der Waals surface area contributed by atoms with Crippen molar-refractivity contribution >= 4 is 11.0 Å². The molecular formula is C13H16FNO2. The van der Waals surface area contributed by atoms with E-state index in [1.807, 2.05) is 19.0 Å². The average molecular weight is 237 g/mol. The van der Waals surface area contributed by atoms with Gasteiger partial charge in [-0.05, 0) is 32.6 Å². The summed E-state index contributed by atoms with van der Waals surface area (Å²) in [4.78, 5) is 1.98. The molecule has 0 saturated carbocycles. The van der Waals surface area contributed by atoms with Gasteiger partial charge in [-0.25, -0.2) is 4.39 Å². The first kappa shape index (κ1) is 12.1. The highest BCUT2D eigenvalue weighted by atomic mass is 19.1. The molecule has 1 heterocycles. The minimum absolute atomic E-state index is 0.214. The van der Waals surface area contributed by atoms with Crippen LogP contribution in [0, 0.1) is 5.82 Å². The Kier molecular flexibility index (Phi) is 3.45. The molecule has 0 fully saturated rings. The largest absolute Gasteiger partial charge is 0.455 e. The molecule has 1 atom stereocenters. The number of nitrogens with zero attached hydrogens (tertiary/aromatic N) is 1. The van der Waals surface area contributed by atoms with Crippen LogP contribution in [0.15, 0.2) is 28.7 Å². The highest BCUT2D eigenvalue weighted by Gasteiger charge is 2.15.